The second-order valence-corrected chi connectivity index (χ2v) is 4.21. The van der Waals surface area contributed by atoms with Gasteiger partial charge >= 0.3 is 0 Å². The number of nitrogens with one attached hydrogen (secondary N) is 1. The van der Waals surface area contributed by atoms with Crippen molar-refractivity contribution >= 4 is 22.4 Å². The van der Waals surface area contributed by atoms with Crippen molar-refractivity contribution in [1.29, 1.82) is 0 Å². The molecule has 0 fully saturated rings. The van der Waals surface area contributed by atoms with Crippen molar-refractivity contribution < 1.29 is 9.13 Å². The van der Waals surface area contributed by atoms with Crippen molar-refractivity contribution in [2.75, 3.05) is 12.4 Å². The highest BCUT2D eigenvalue weighted by atomic mass is 19.1. The standard InChI is InChI=1S/C15H12FN3O/c1-20-10-6-7-11-14(8-10)17-9-18-15(11)19-13-5-3-2-4-12(13)16/h2-9H,1H3,(H,17,18,19). The molecule has 0 saturated carbocycles. The summed E-state index contributed by atoms with van der Waals surface area (Å²) in [7, 11) is 1.60. The Morgan fingerprint density at radius 1 is 1.10 bits per heavy atom. The van der Waals surface area contributed by atoms with Crippen LogP contribution in [0.25, 0.3) is 10.9 Å². The molecule has 3 rings (SSSR count). The van der Waals surface area contributed by atoms with E-state index in [1.165, 1.54) is 12.4 Å². The average Bonchev–Trinajstić information content (AvgIpc) is 2.49. The SMILES string of the molecule is COc1ccc2c(Nc3ccccc3F)ncnc2c1. The van der Waals surface area contributed by atoms with Gasteiger partial charge in [0.15, 0.2) is 0 Å². The summed E-state index contributed by atoms with van der Waals surface area (Å²) in [5, 5.41) is 3.79. The lowest BCUT2D eigenvalue weighted by atomic mass is 10.2. The first-order chi connectivity index (χ1) is 9.78. The Balaban J connectivity index is 2.06. The van der Waals surface area contributed by atoms with Gasteiger partial charge < -0.3 is 10.1 Å². The van der Waals surface area contributed by atoms with Crippen LogP contribution in [-0.4, -0.2) is 17.1 Å². The number of para-hydroxylation sites is 1. The maximum absolute atomic E-state index is 13.7. The lowest BCUT2D eigenvalue weighted by Crippen LogP contribution is -1.98. The van der Waals surface area contributed by atoms with Crippen molar-refractivity contribution in [1.82, 2.24) is 9.97 Å². The molecular formula is C15H12FN3O. The van der Waals surface area contributed by atoms with Gasteiger partial charge in [-0.15, -0.1) is 0 Å². The monoisotopic (exact) mass is 269 g/mol. The molecule has 4 nitrogen and oxygen atoms in total. The molecule has 0 saturated heterocycles. The molecule has 0 radical (unpaired) electrons. The Kier molecular flexibility index (Phi) is 3.16. The lowest BCUT2D eigenvalue weighted by Gasteiger charge is -2.09. The number of hydrogen-bond donors (Lipinski definition) is 1. The van der Waals surface area contributed by atoms with Crippen LogP contribution in [-0.2, 0) is 0 Å². The molecule has 3 aromatic rings. The van der Waals surface area contributed by atoms with Gasteiger partial charge in [-0.1, -0.05) is 12.1 Å². The number of halogens is 1. The van der Waals surface area contributed by atoms with Gasteiger partial charge in [0.1, 0.15) is 23.7 Å². The molecule has 0 amide bonds. The van der Waals surface area contributed by atoms with Crippen molar-refractivity contribution in [3.05, 3.63) is 54.6 Å². The number of methoxy groups -OCH3 is 1. The highest BCUT2D eigenvalue weighted by molar-refractivity contribution is 5.91. The number of hydrogen-bond acceptors (Lipinski definition) is 4. The molecule has 2 aromatic carbocycles. The molecule has 20 heavy (non-hydrogen) atoms. The second kappa shape index (κ2) is 5.13. The van der Waals surface area contributed by atoms with E-state index in [1.807, 2.05) is 18.2 Å². The summed E-state index contributed by atoms with van der Waals surface area (Å²) in [6.45, 7) is 0. The minimum Gasteiger partial charge on any atom is -0.497 e. The maximum atomic E-state index is 13.7. The lowest BCUT2D eigenvalue weighted by molar-refractivity contribution is 0.415. The zero-order valence-electron chi connectivity index (χ0n) is 10.8. The fourth-order valence-electron chi connectivity index (χ4n) is 1.95. The Labute approximate surface area is 115 Å². The quantitative estimate of drug-likeness (QED) is 0.790. The van der Waals surface area contributed by atoms with E-state index < -0.39 is 0 Å². The smallest absolute Gasteiger partial charge is 0.146 e. The van der Waals surface area contributed by atoms with Crippen LogP contribution in [0.1, 0.15) is 0 Å². The van der Waals surface area contributed by atoms with Gasteiger partial charge in [0.2, 0.25) is 0 Å². The summed E-state index contributed by atoms with van der Waals surface area (Å²) in [5.74, 6) is 0.948. The van der Waals surface area contributed by atoms with Crippen LogP contribution in [0.4, 0.5) is 15.9 Å². The fraction of sp³-hybridized carbons (Fsp3) is 0.0667. The molecule has 0 aliphatic carbocycles. The molecule has 0 atom stereocenters. The van der Waals surface area contributed by atoms with E-state index in [2.05, 4.69) is 15.3 Å². The number of nitrogens with zero attached hydrogens (tertiary/aromatic N) is 2. The Bertz CT molecular complexity index is 761. The van der Waals surface area contributed by atoms with E-state index in [4.69, 9.17) is 4.74 Å². The van der Waals surface area contributed by atoms with E-state index in [1.54, 1.807) is 25.3 Å². The first-order valence-electron chi connectivity index (χ1n) is 6.08. The van der Waals surface area contributed by atoms with Crippen LogP contribution in [0.3, 0.4) is 0 Å². The van der Waals surface area contributed by atoms with E-state index in [0.717, 1.165) is 10.9 Å². The van der Waals surface area contributed by atoms with E-state index >= 15 is 0 Å². The minimum absolute atomic E-state index is 0.326. The molecule has 5 heteroatoms. The van der Waals surface area contributed by atoms with Gasteiger partial charge in [-0.05, 0) is 24.3 Å². The Hall–Kier alpha value is -2.69. The van der Waals surface area contributed by atoms with E-state index in [0.29, 0.717) is 17.3 Å². The third kappa shape index (κ3) is 2.25. The highest BCUT2D eigenvalue weighted by Gasteiger charge is 2.07. The topological polar surface area (TPSA) is 47.0 Å². The van der Waals surface area contributed by atoms with Gasteiger partial charge in [0, 0.05) is 11.5 Å². The third-order valence-electron chi connectivity index (χ3n) is 2.97. The Morgan fingerprint density at radius 2 is 1.95 bits per heavy atom. The van der Waals surface area contributed by atoms with Crippen LogP contribution in [0, 0.1) is 5.82 Å². The molecule has 0 aliphatic rings. The second-order valence-electron chi connectivity index (χ2n) is 4.21. The maximum Gasteiger partial charge on any atom is 0.146 e. The molecule has 1 heterocycles. The summed E-state index contributed by atoms with van der Waals surface area (Å²) >= 11 is 0. The van der Waals surface area contributed by atoms with Crippen LogP contribution in [0.15, 0.2) is 48.8 Å². The van der Waals surface area contributed by atoms with Crippen molar-refractivity contribution in [2.45, 2.75) is 0 Å². The molecule has 0 spiro atoms. The largest absolute Gasteiger partial charge is 0.497 e. The molecule has 1 N–H and O–H groups in total. The van der Waals surface area contributed by atoms with E-state index in [-0.39, 0.29) is 5.82 Å². The molecule has 100 valence electrons. The number of rotatable bonds is 3. The first kappa shape index (κ1) is 12.3. The number of anilines is 2. The summed E-state index contributed by atoms with van der Waals surface area (Å²) in [5.41, 5.74) is 1.11. The van der Waals surface area contributed by atoms with Crippen LogP contribution >= 0.6 is 0 Å². The predicted octanol–water partition coefficient (Wildman–Crippen LogP) is 3.52. The van der Waals surface area contributed by atoms with Crippen molar-refractivity contribution in [3.63, 3.8) is 0 Å². The summed E-state index contributed by atoms with van der Waals surface area (Å²) in [6.07, 6.45) is 1.44. The first-order valence-corrected chi connectivity index (χ1v) is 6.08. The van der Waals surface area contributed by atoms with Gasteiger partial charge in [0.05, 0.1) is 18.3 Å². The molecular weight excluding hydrogens is 257 g/mol. The summed E-state index contributed by atoms with van der Waals surface area (Å²) in [6, 6.07) is 11.9. The zero-order chi connectivity index (χ0) is 13.9. The van der Waals surface area contributed by atoms with Crippen molar-refractivity contribution in [3.8, 4) is 5.75 Å². The summed E-state index contributed by atoms with van der Waals surface area (Å²) < 4.78 is 18.8. The van der Waals surface area contributed by atoms with Gasteiger partial charge in [-0.25, -0.2) is 14.4 Å². The average molecular weight is 269 g/mol. The van der Waals surface area contributed by atoms with Crippen LogP contribution in [0.5, 0.6) is 5.75 Å². The van der Waals surface area contributed by atoms with Gasteiger partial charge in [-0.2, -0.15) is 0 Å². The number of ether oxygens (including phenoxy) is 1. The number of aromatic nitrogens is 2. The molecule has 0 bridgehead atoms. The normalized spacial score (nSPS) is 10.5. The fourth-order valence-corrected chi connectivity index (χ4v) is 1.95. The van der Waals surface area contributed by atoms with E-state index in [9.17, 15) is 4.39 Å². The van der Waals surface area contributed by atoms with Crippen LogP contribution in [0.2, 0.25) is 0 Å². The third-order valence-corrected chi connectivity index (χ3v) is 2.97. The Morgan fingerprint density at radius 3 is 2.75 bits per heavy atom. The minimum atomic E-state index is -0.326. The number of fused-ring (bicyclic) bond motifs is 1. The zero-order valence-corrected chi connectivity index (χ0v) is 10.8. The number of benzene rings is 2. The molecule has 1 aromatic heterocycles. The molecule has 0 unspecified atom stereocenters. The molecule has 0 aliphatic heterocycles. The van der Waals surface area contributed by atoms with Gasteiger partial charge in [-0.3, -0.25) is 0 Å². The summed E-state index contributed by atoms with van der Waals surface area (Å²) in [4.78, 5) is 8.36. The van der Waals surface area contributed by atoms with Crippen molar-refractivity contribution in [2.24, 2.45) is 0 Å². The van der Waals surface area contributed by atoms with Gasteiger partial charge in [0.25, 0.3) is 0 Å². The highest BCUT2D eigenvalue weighted by Crippen LogP contribution is 2.26. The predicted molar refractivity (Wildman–Crippen MR) is 75.8 cm³/mol. The van der Waals surface area contributed by atoms with Crippen LogP contribution < -0.4 is 10.1 Å².